The zero-order chi connectivity index (χ0) is 13.2. The summed E-state index contributed by atoms with van der Waals surface area (Å²) in [7, 11) is 0. The molecule has 0 bridgehead atoms. The molecule has 0 unspecified atom stereocenters. The molecule has 0 aromatic heterocycles. The molecule has 104 valence electrons. The van der Waals surface area contributed by atoms with Crippen LogP contribution in [0, 0.1) is 11.8 Å². The van der Waals surface area contributed by atoms with Crippen LogP contribution in [0.25, 0.3) is 0 Å². The van der Waals surface area contributed by atoms with Gasteiger partial charge in [-0.05, 0) is 31.6 Å². The van der Waals surface area contributed by atoms with Crippen LogP contribution in [0.1, 0.15) is 38.5 Å². The molecule has 0 spiro atoms. The first-order valence-electron chi connectivity index (χ1n) is 6.79. The number of hydrogen-bond donors (Lipinski definition) is 1. The minimum Gasteiger partial charge on any atom is -0.396 e. The molecule has 2 fully saturated rings. The quantitative estimate of drug-likeness (QED) is 0.826. The van der Waals surface area contributed by atoms with E-state index < -0.39 is 5.92 Å². The molecule has 5 heteroatoms. The third-order valence-electron chi connectivity index (χ3n) is 4.25. The highest BCUT2D eigenvalue weighted by Crippen LogP contribution is 2.37. The van der Waals surface area contributed by atoms with Gasteiger partial charge in [0.25, 0.3) is 0 Å². The molecule has 2 rings (SSSR count). The lowest BCUT2D eigenvalue weighted by molar-refractivity contribution is -0.141. The van der Waals surface area contributed by atoms with Crippen LogP contribution in [0.15, 0.2) is 0 Å². The summed E-state index contributed by atoms with van der Waals surface area (Å²) in [5, 5.41) is 9.04. The highest BCUT2D eigenvalue weighted by Gasteiger charge is 2.39. The number of nitrogens with zero attached hydrogens (tertiary/aromatic N) is 1. The molecule has 1 heterocycles. The second-order valence-electron chi connectivity index (χ2n) is 5.58. The summed E-state index contributed by atoms with van der Waals surface area (Å²) in [5.74, 6) is -2.44. The van der Waals surface area contributed by atoms with Crippen LogP contribution in [0.4, 0.5) is 8.78 Å². The molecule has 1 amide bonds. The predicted octanol–water partition coefficient (Wildman–Crippen LogP) is 2.04. The number of halogens is 2. The Kier molecular flexibility index (Phi) is 4.20. The van der Waals surface area contributed by atoms with E-state index in [0.29, 0.717) is 31.8 Å². The lowest BCUT2D eigenvalue weighted by atomic mass is 9.85. The van der Waals surface area contributed by atoms with Crippen molar-refractivity contribution in [1.29, 1.82) is 0 Å². The van der Waals surface area contributed by atoms with Gasteiger partial charge in [0.2, 0.25) is 11.8 Å². The molecule has 0 aromatic rings. The summed E-state index contributed by atoms with van der Waals surface area (Å²) in [6.45, 7) is 1.51. The van der Waals surface area contributed by atoms with Crippen molar-refractivity contribution in [2.45, 2.75) is 44.4 Å². The number of aliphatic hydroxyl groups excluding tert-OH is 1. The van der Waals surface area contributed by atoms with Gasteiger partial charge in [0.1, 0.15) is 0 Å². The van der Waals surface area contributed by atoms with E-state index in [4.69, 9.17) is 5.11 Å². The zero-order valence-corrected chi connectivity index (χ0v) is 10.6. The van der Waals surface area contributed by atoms with Gasteiger partial charge in [-0.25, -0.2) is 8.78 Å². The maximum absolute atomic E-state index is 13.0. The topological polar surface area (TPSA) is 40.5 Å². The number of carbonyl (C=O) groups excluding carboxylic acids is 1. The van der Waals surface area contributed by atoms with Crippen molar-refractivity contribution in [2.75, 3.05) is 19.7 Å². The fourth-order valence-electron chi connectivity index (χ4n) is 2.88. The van der Waals surface area contributed by atoms with E-state index in [1.54, 1.807) is 4.90 Å². The normalized spacial score (nSPS) is 26.3. The molecule has 1 N–H and O–H groups in total. The average Bonchev–Trinajstić information content (AvgIpc) is 2.38. The first-order chi connectivity index (χ1) is 8.52. The van der Waals surface area contributed by atoms with Gasteiger partial charge in [0.15, 0.2) is 0 Å². The van der Waals surface area contributed by atoms with E-state index in [0.717, 1.165) is 12.8 Å². The number of alkyl halides is 2. The highest BCUT2D eigenvalue weighted by molar-refractivity contribution is 5.79. The van der Waals surface area contributed by atoms with Crippen LogP contribution >= 0.6 is 0 Å². The molecule has 1 aliphatic heterocycles. The van der Waals surface area contributed by atoms with Gasteiger partial charge in [-0.3, -0.25) is 4.79 Å². The van der Waals surface area contributed by atoms with Crippen molar-refractivity contribution in [2.24, 2.45) is 11.8 Å². The molecule has 3 nitrogen and oxygen atoms in total. The van der Waals surface area contributed by atoms with Crippen molar-refractivity contribution in [3.05, 3.63) is 0 Å². The summed E-state index contributed by atoms with van der Waals surface area (Å²) in [6.07, 6.45) is 1.96. The van der Waals surface area contributed by atoms with Gasteiger partial charge in [-0.1, -0.05) is 0 Å². The number of aliphatic hydroxyl groups is 1. The summed E-state index contributed by atoms with van der Waals surface area (Å²) >= 11 is 0. The van der Waals surface area contributed by atoms with Crippen molar-refractivity contribution in [3.8, 4) is 0 Å². The molecule has 2 aliphatic rings. The van der Waals surface area contributed by atoms with Crippen LogP contribution in [-0.4, -0.2) is 41.5 Å². The predicted molar refractivity (Wildman–Crippen MR) is 63.3 cm³/mol. The Labute approximate surface area is 106 Å². The standard InChI is InChI=1S/C13H21F2NO2/c14-13(15)5-1-11(2-6-13)12(18)16-7-3-10(9-17)4-8-16/h10-11,17H,1-9H2. The van der Waals surface area contributed by atoms with E-state index in [2.05, 4.69) is 0 Å². The fraction of sp³-hybridized carbons (Fsp3) is 0.923. The van der Waals surface area contributed by atoms with Crippen LogP contribution in [-0.2, 0) is 4.79 Å². The second kappa shape index (κ2) is 5.51. The molecular weight excluding hydrogens is 240 g/mol. The monoisotopic (exact) mass is 261 g/mol. The number of carbonyl (C=O) groups is 1. The lowest BCUT2D eigenvalue weighted by Gasteiger charge is -2.35. The van der Waals surface area contributed by atoms with E-state index in [1.165, 1.54) is 0 Å². The molecule has 1 aliphatic carbocycles. The van der Waals surface area contributed by atoms with Gasteiger partial charge in [0.05, 0.1) is 0 Å². The Morgan fingerprint density at radius 2 is 1.72 bits per heavy atom. The maximum atomic E-state index is 13.0. The SMILES string of the molecule is O=C(C1CCC(F)(F)CC1)N1CCC(CO)CC1. The number of rotatable bonds is 2. The van der Waals surface area contributed by atoms with Crippen LogP contribution in [0.2, 0.25) is 0 Å². The van der Waals surface area contributed by atoms with E-state index >= 15 is 0 Å². The molecule has 0 atom stereocenters. The summed E-state index contributed by atoms with van der Waals surface area (Å²) in [5.41, 5.74) is 0. The third kappa shape index (κ3) is 3.19. The lowest BCUT2D eigenvalue weighted by Crippen LogP contribution is -2.44. The number of piperidine rings is 1. The number of hydrogen-bond acceptors (Lipinski definition) is 2. The summed E-state index contributed by atoms with van der Waals surface area (Å²) < 4.78 is 26.1. The number of likely N-dealkylation sites (tertiary alicyclic amines) is 1. The van der Waals surface area contributed by atoms with Gasteiger partial charge < -0.3 is 10.0 Å². The van der Waals surface area contributed by atoms with Crippen LogP contribution in [0.5, 0.6) is 0 Å². The molecule has 18 heavy (non-hydrogen) atoms. The minimum absolute atomic E-state index is 0.0434. The molecule has 0 radical (unpaired) electrons. The Morgan fingerprint density at radius 1 is 1.17 bits per heavy atom. The Bertz CT molecular complexity index is 291. The Balaban J connectivity index is 1.82. The average molecular weight is 261 g/mol. The van der Waals surface area contributed by atoms with Gasteiger partial charge in [-0.2, -0.15) is 0 Å². The second-order valence-corrected chi connectivity index (χ2v) is 5.58. The van der Waals surface area contributed by atoms with Crippen molar-refractivity contribution >= 4 is 5.91 Å². The van der Waals surface area contributed by atoms with Gasteiger partial charge in [-0.15, -0.1) is 0 Å². The zero-order valence-electron chi connectivity index (χ0n) is 10.6. The maximum Gasteiger partial charge on any atom is 0.248 e. The largest absolute Gasteiger partial charge is 0.396 e. The summed E-state index contributed by atoms with van der Waals surface area (Å²) in [6, 6.07) is 0. The first kappa shape index (κ1) is 13.7. The molecular formula is C13H21F2NO2. The smallest absolute Gasteiger partial charge is 0.248 e. The molecule has 1 saturated heterocycles. The van der Waals surface area contributed by atoms with E-state index in [-0.39, 0.29) is 31.3 Å². The number of amides is 1. The van der Waals surface area contributed by atoms with Crippen molar-refractivity contribution < 1.29 is 18.7 Å². The highest BCUT2D eigenvalue weighted by atomic mass is 19.3. The third-order valence-corrected chi connectivity index (χ3v) is 4.25. The minimum atomic E-state index is -2.57. The van der Waals surface area contributed by atoms with Gasteiger partial charge in [0, 0.05) is 38.5 Å². The fourth-order valence-corrected chi connectivity index (χ4v) is 2.88. The van der Waals surface area contributed by atoms with Crippen molar-refractivity contribution in [1.82, 2.24) is 4.90 Å². The Hall–Kier alpha value is -0.710. The summed E-state index contributed by atoms with van der Waals surface area (Å²) in [4.78, 5) is 14.0. The molecule has 0 aromatic carbocycles. The van der Waals surface area contributed by atoms with E-state index in [9.17, 15) is 13.6 Å². The first-order valence-corrected chi connectivity index (χ1v) is 6.79. The Morgan fingerprint density at radius 3 is 2.22 bits per heavy atom. The van der Waals surface area contributed by atoms with E-state index in [1.807, 2.05) is 0 Å². The van der Waals surface area contributed by atoms with Crippen molar-refractivity contribution in [3.63, 3.8) is 0 Å². The van der Waals surface area contributed by atoms with Crippen LogP contribution in [0.3, 0.4) is 0 Å². The van der Waals surface area contributed by atoms with Crippen LogP contribution < -0.4 is 0 Å². The van der Waals surface area contributed by atoms with Gasteiger partial charge >= 0.3 is 0 Å². The molecule has 1 saturated carbocycles.